The molecule has 1 aromatic heterocycles. The topological polar surface area (TPSA) is 74.7 Å². The smallest absolute Gasteiger partial charge is 0.257 e. The van der Waals surface area contributed by atoms with Crippen LogP contribution in [0.3, 0.4) is 0 Å². The summed E-state index contributed by atoms with van der Waals surface area (Å²) in [5.41, 5.74) is 1.24. The van der Waals surface area contributed by atoms with Crippen molar-refractivity contribution in [3.63, 3.8) is 0 Å². The van der Waals surface area contributed by atoms with Crippen LogP contribution in [0, 0.1) is 0 Å². The van der Waals surface area contributed by atoms with E-state index in [1.165, 1.54) is 18.2 Å². The van der Waals surface area contributed by atoms with E-state index >= 15 is 0 Å². The minimum atomic E-state index is -0.696. The molecule has 1 amide bonds. The van der Waals surface area contributed by atoms with E-state index in [4.69, 9.17) is 4.74 Å². The van der Waals surface area contributed by atoms with E-state index in [1.807, 2.05) is 6.92 Å². The molecule has 2 N–H and O–H groups in total. The fraction of sp³-hybridized carbons (Fsp3) is 0.538. The SMILES string of the molecule is CCNc1ccncc1C(=O)N(C)CC(O)COC. The second-order valence-corrected chi connectivity index (χ2v) is 4.25. The molecule has 0 saturated carbocycles. The molecule has 0 aliphatic rings. The van der Waals surface area contributed by atoms with Crippen LogP contribution in [0.4, 0.5) is 5.69 Å². The van der Waals surface area contributed by atoms with Crippen LogP contribution in [0.15, 0.2) is 18.5 Å². The molecule has 0 fully saturated rings. The number of nitrogens with zero attached hydrogens (tertiary/aromatic N) is 2. The van der Waals surface area contributed by atoms with Crippen LogP contribution >= 0.6 is 0 Å². The van der Waals surface area contributed by atoms with Gasteiger partial charge >= 0.3 is 0 Å². The van der Waals surface area contributed by atoms with Gasteiger partial charge in [-0.05, 0) is 13.0 Å². The third-order valence-electron chi connectivity index (χ3n) is 2.61. The summed E-state index contributed by atoms with van der Waals surface area (Å²) >= 11 is 0. The van der Waals surface area contributed by atoms with Crippen molar-refractivity contribution in [2.24, 2.45) is 0 Å². The van der Waals surface area contributed by atoms with Gasteiger partial charge in [-0.2, -0.15) is 0 Å². The predicted octanol–water partition coefficient (Wildman–Crippen LogP) is 0.593. The van der Waals surface area contributed by atoms with Crippen molar-refractivity contribution in [1.82, 2.24) is 9.88 Å². The molecule has 0 saturated heterocycles. The van der Waals surface area contributed by atoms with Gasteiger partial charge in [0, 0.05) is 39.6 Å². The molecule has 1 rings (SSSR count). The molecule has 0 aliphatic carbocycles. The molecule has 1 atom stereocenters. The summed E-state index contributed by atoms with van der Waals surface area (Å²) in [6.07, 6.45) is 2.46. The number of hydrogen-bond donors (Lipinski definition) is 2. The molecule has 0 radical (unpaired) electrons. The van der Waals surface area contributed by atoms with Gasteiger partial charge in [0.25, 0.3) is 5.91 Å². The third kappa shape index (κ3) is 4.50. The van der Waals surface area contributed by atoms with Gasteiger partial charge in [-0.15, -0.1) is 0 Å². The monoisotopic (exact) mass is 267 g/mol. The number of methoxy groups -OCH3 is 1. The summed E-state index contributed by atoms with van der Waals surface area (Å²) in [6, 6.07) is 1.76. The van der Waals surface area contributed by atoms with Gasteiger partial charge < -0.3 is 20.1 Å². The van der Waals surface area contributed by atoms with Gasteiger partial charge in [-0.25, -0.2) is 0 Å². The van der Waals surface area contributed by atoms with Gasteiger partial charge in [0.2, 0.25) is 0 Å². The van der Waals surface area contributed by atoms with E-state index < -0.39 is 6.10 Å². The average Bonchev–Trinajstić information content (AvgIpc) is 2.39. The van der Waals surface area contributed by atoms with Gasteiger partial charge in [-0.3, -0.25) is 9.78 Å². The molecule has 1 heterocycles. The van der Waals surface area contributed by atoms with Crippen molar-refractivity contribution >= 4 is 11.6 Å². The summed E-state index contributed by atoms with van der Waals surface area (Å²) in [4.78, 5) is 17.7. The molecular formula is C13H21N3O3. The fourth-order valence-corrected chi connectivity index (χ4v) is 1.76. The van der Waals surface area contributed by atoms with E-state index in [-0.39, 0.29) is 19.1 Å². The molecule has 106 valence electrons. The minimum Gasteiger partial charge on any atom is -0.389 e. The Labute approximate surface area is 113 Å². The number of nitrogens with one attached hydrogen (secondary N) is 1. The lowest BCUT2D eigenvalue weighted by atomic mass is 10.2. The second-order valence-electron chi connectivity index (χ2n) is 4.25. The molecule has 19 heavy (non-hydrogen) atoms. The Hall–Kier alpha value is -1.66. The highest BCUT2D eigenvalue weighted by molar-refractivity contribution is 5.99. The number of carbonyl (C=O) groups excluding carboxylic acids is 1. The van der Waals surface area contributed by atoms with Crippen molar-refractivity contribution in [2.75, 3.05) is 39.2 Å². The lowest BCUT2D eigenvalue weighted by Crippen LogP contribution is -2.36. The summed E-state index contributed by atoms with van der Waals surface area (Å²) in [5.74, 6) is -0.181. The average molecular weight is 267 g/mol. The normalized spacial score (nSPS) is 12.0. The zero-order valence-corrected chi connectivity index (χ0v) is 11.6. The van der Waals surface area contributed by atoms with E-state index in [0.29, 0.717) is 5.56 Å². The Balaban J connectivity index is 2.76. The first kappa shape index (κ1) is 15.4. The molecule has 0 aromatic carbocycles. The Bertz CT molecular complexity index is 412. The van der Waals surface area contributed by atoms with Crippen LogP contribution < -0.4 is 5.32 Å². The molecule has 1 unspecified atom stereocenters. The first-order valence-electron chi connectivity index (χ1n) is 6.20. The lowest BCUT2D eigenvalue weighted by molar-refractivity contribution is 0.0380. The highest BCUT2D eigenvalue weighted by Crippen LogP contribution is 2.15. The Kier molecular flexibility index (Phi) is 6.24. The standard InChI is InChI=1S/C13H21N3O3/c1-4-15-12-5-6-14-7-11(12)13(18)16(2)8-10(17)9-19-3/h5-7,10,17H,4,8-9H2,1-3H3,(H,14,15). The number of anilines is 1. The largest absolute Gasteiger partial charge is 0.389 e. The quantitative estimate of drug-likeness (QED) is 0.756. The van der Waals surface area contributed by atoms with Crippen LogP contribution in [0.2, 0.25) is 0 Å². The van der Waals surface area contributed by atoms with Crippen LogP contribution in [0.5, 0.6) is 0 Å². The van der Waals surface area contributed by atoms with Crippen LogP contribution in [-0.2, 0) is 4.74 Å². The highest BCUT2D eigenvalue weighted by atomic mass is 16.5. The fourth-order valence-electron chi connectivity index (χ4n) is 1.76. The predicted molar refractivity (Wildman–Crippen MR) is 73.2 cm³/mol. The minimum absolute atomic E-state index is 0.181. The zero-order valence-electron chi connectivity index (χ0n) is 11.6. The molecule has 1 aromatic rings. The van der Waals surface area contributed by atoms with Crippen molar-refractivity contribution < 1.29 is 14.6 Å². The number of aromatic nitrogens is 1. The van der Waals surface area contributed by atoms with Crippen molar-refractivity contribution in [2.45, 2.75) is 13.0 Å². The lowest BCUT2D eigenvalue weighted by Gasteiger charge is -2.21. The number of pyridine rings is 1. The number of hydrogen-bond acceptors (Lipinski definition) is 5. The van der Waals surface area contributed by atoms with Crippen molar-refractivity contribution in [3.8, 4) is 0 Å². The maximum absolute atomic E-state index is 12.3. The number of aliphatic hydroxyl groups excluding tert-OH is 1. The number of carbonyl (C=O) groups is 1. The molecule has 6 nitrogen and oxygen atoms in total. The van der Waals surface area contributed by atoms with E-state index in [2.05, 4.69) is 10.3 Å². The van der Waals surface area contributed by atoms with E-state index in [0.717, 1.165) is 12.2 Å². The van der Waals surface area contributed by atoms with Gasteiger partial charge in [0.15, 0.2) is 0 Å². The van der Waals surface area contributed by atoms with Crippen LogP contribution in [-0.4, -0.2) is 60.9 Å². The van der Waals surface area contributed by atoms with Gasteiger partial charge in [-0.1, -0.05) is 0 Å². The second kappa shape index (κ2) is 7.70. The number of ether oxygens (including phenoxy) is 1. The molecule has 0 bridgehead atoms. The van der Waals surface area contributed by atoms with Gasteiger partial charge in [0.1, 0.15) is 0 Å². The maximum atomic E-state index is 12.3. The van der Waals surface area contributed by atoms with E-state index in [1.54, 1.807) is 19.3 Å². The summed E-state index contributed by atoms with van der Waals surface area (Å²) in [6.45, 7) is 3.10. The highest BCUT2D eigenvalue weighted by Gasteiger charge is 2.18. The number of likely N-dealkylation sites (N-methyl/N-ethyl adjacent to an activating group) is 1. The molecule has 6 heteroatoms. The summed E-state index contributed by atoms with van der Waals surface area (Å²) in [5, 5.41) is 12.8. The van der Waals surface area contributed by atoms with Crippen molar-refractivity contribution in [1.29, 1.82) is 0 Å². The first-order chi connectivity index (χ1) is 9.10. The Morgan fingerprint density at radius 3 is 3.00 bits per heavy atom. The maximum Gasteiger partial charge on any atom is 0.257 e. The third-order valence-corrected chi connectivity index (χ3v) is 2.61. The molecular weight excluding hydrogens is 246 g/mol. The number of rotatable bonds is 7. The van der Waals surface area contributed by atoms with Crippen LogP contribution in [0.1, 0.15) is 17.3 Å². The summed E-state index contributed by atoms with van der Waals surface area (Å²) in [7, 11) is 3.15. The Morgan fingerprint density at radius 2 is 2.37 bits per heavy atom. The number of amides is 1. The molecule has 0 aliphatic heterocycles. The first-order valence-corrected chi connectivity index (χ1v) is 6.20. The molecule has 0 spiro atoms. The Morgan fingerprint density at radius 1 is 1.63 bits per heavy atom. The number of aliphatic hydroxyl groups is 1. The summed E-state index contributed by atoms with van der Waals surface area (Å²) < 4.78 is 4.84. The van der Waals surface area contributed by atoms with E-state index in [9.17, 15) is 9.90 Å². The van der Waals surface area contributed by atoms with Gasteiger partial charge in [0.05, 0.1) is 24.0 Å². The van der Waals surface area contributed by atoms with Crippen LogP contribution in [0.25, 0.3) is 0 Å². The zero-order chi connectivity index (χ0) is 14.3. The van der Waals surface area contributed by atoms with Crippen molar-refractivity contribution in [3.05, 3.63) is 24.0 Å².